The maximum atomic E-state index is 11.3. The molecule has 0 fully saturated rings. The summed E-state index contributed by atoms with van der Waals surface area (Å²) in [5.41, 5.74) is 6.96. The highest BCUT2D eigenvalue weighted by molar-refractivity contribution is 7.80. The quantitative estimate of drug-likeness (QED) is 0.610. The highest BCUT2D eigenvalue weighted by Gasteiger charge is 2.20. The van der Waals surface area contributed by atoms with Crippen LogP contribution in [0.15, 0.2) is 6.33 Å². The van der Waals surface area contributed by atoms with Crippen molar-refractivity contribution >= 4 is 23.2 Å². The Bertz CT molecular complexity index is 659. The van der Waals surface area contributed by atoms with E-state index < -0.39 is 5.97 Å². The second-order valence-electron chi connectivity index (χ2n) is 3.78. The van der Waals surface area contributed by atoms with Gasteiger partial charge in [-0.2, -0.15) is 5.10 Å². The van der Waals surface area contributed by atoms with Crippen LogP contribution >= 0.6 is 12.2 Å². The summed E-state index contributed by atoms with van der Waals surface area (Å²) in [6.45, 7) is 1.79. The van der Waals surface area contributed by atoms with Gasteiger partial charge in [0, 0.05) is 7.05 Å². The fourth-order valence-corrected chi connectivity index (χ4v) is 1.99. The monoisotopic (exact) mass is 280 g/mol. The van der Waals surface area contributed by atoms with Crippen molar-refractivity contribution in [3.8, 4) is 5.82 Å². The molecule has 100 valence electrons. The maximum Gasteiger partial charge on any atom is 0.377 e. The highest BCUT2D eigenvalue weighted by Crippen LogP contribution is 2.16. The van der Waals surface area contributed by atoms with Crippen LogP contribution in [0.4, 0.5) is 0 Å². The Balaban J connectivity index is 2.56. The Morgan fingerprint density at radius 3 is 2.74 bits per heavy atom. The number of ether oxygens (including phenoxy) is 1. The van der Waals surface area contributed by atoms with Gasteiger partial charge in [0.05, 0.1) is 18.4 Å². The molecule has 8 nitrogen and oxygen atoms in total. The fraction of sp³-hybridized carbons (Fsp3) is 0.300. The SMILES string of the molecule is COC(=O)c1ncn(-c2c(C(N)=S)c(C)nn2C)n1. The van der Waals surface area contributed by atoms with Crippen molar-refractivity contribution in [1.82, 2.24) is 24.5 Å². The summed E-state index contributed by atoms with van der Waals surface area (Å²) in [4.78, 5) is 15.4. The molecule has 0 saturated carbocycles. The third-order valence-corrected chi connectivity index (χ3v) is 2.72. The number of aromatic nitrogens is 5. The van der Waals surface area contributed by atoms with Gasteiger partial charge < -0.3 is 10.5 Å². The number of hydrogen-bond acceptors (Lipinski definition) is 6. The molecular formula is C10H12N6O2S. The molecule has 9 heteroatoms. The zero-order chi connectivity index (χ0) is 14.2. The Morgan fingerprint density at radius 2 is 2.16 bits per heavy atom. The summed E-state index contributed by atoms with van der Waals surface area (Å²) in [6.07, 6.45) is 1.38. The van der Waals surface area contributed by atoms with Gasteiger partial charge in [-0.15, -0.1) is 5.10 Å². The minimum Gasteiger partial charge on any atom is -0.463 e. The number of carbonyl (C=O) groups excluding carboxylic acids is 1. The van der Waals surface area contributed by atoms with Crippen LogP contribution in [0.25, 0.3) is 5.82 Å². The van der Waals surface area contributed by atoms with Gasteiger partial charge in [0.1, 0.15) is 11.3 Å². The molecule has 0 unspecified atom stereocenters. The lowest BCUT2D eigenvalue weighted by molar-refractivity contribution is 0.0587. The van der Waals surface area contributed by atoms with Crippen molar-refractivity contribution in [3.63, 3.8) is 0 Å². The molecule has 0 spiro atoms. The number of nitrogens with zero attached hydrogens (tertiary/aromatic N) is 5. The molecule has 0 atom stereocenters. The second kappa shape index (κ2) is 4.76. The lowest BCUT2D eigenvalue weighted by Gasteiger charge is -2.04. The van der Waals surface area contributed by atoms with Crippen molar-refractivity contribution in [1.29, 1.82) is 0 Å². The van der Waals surface area contributed by atoms with Crippen LogP contribution in [0, 0.1) is 6.92 Å². The predicted molar refractivity (Wildman–Crippen MR) is 70.1 cm³/mol. The normalized spacial score (nSPS) is 10.5. The smallest absolute Gasteiger partial charge is 0.377 e. The van der Waals surface area contributed by atoms with E-state index in [0.717, 1.165) is 0 Å². The minimum absolute atomic E-state index is 0.0461. The molecule has 0 radical (unpaired) electrons. The standard InChI is InChI=1S/C10H12N6O2S/c1-5-6(7(11)19)9(15(2)13-5)16-4-12-8(14-16)10(17)18-3/h4H,1-3H3,(H2,11,19). The van der Waals surface area contributed by atoms with Gasteiger partial charge in [0.25, 0.3) is 5.82 Å². The summed E-state index contributed by atoms with van der Waals surface area (Å²) in [5, 5.41) is 8.25. The fourth-order valence-electron chi connectivity index (χ4n) is 1.75. The predicted octanol–water partition coefficient (Wildman–Crippen LogP) is -0.270. The van der Waals surface area contributed by atoms with Crippen LogP contribution in [0.5, 0.6) is 0 Å². The number of carbonyl (C=O) groups is 1. The van der Waals surface area contributed by atoms with Gasteiger partial charge in [0.15, 0.2) is 5.82 Å². The summed E-state index contributed by atoms with van der Waals surface area (Å²) in [7, 11) is 2.99. The van der Waals surface area contributed by atoms with E-state index in [2.05, 4.69) is 19.9 Å². The largest absolute Gasteiger partial charge is 0.463 e. The third-order valence-electron chi connectivity index (χ3n) is 2.52. The topological polar surface area (TPSA) is 101 Å². The van der Waals surface area contributed by atoms with Crippen LogP contribution in [0.2, 0.25) is 0 Å². The molecule has 0 bridgehead atoms. The lowest BCUT2D eigenvalue weighted by atomic mass is 10.2. The van der Waals surface area contributed by atoms with E-state index in [1.54, 1.807) is 18.7 Å². The van der Waals surface area contributed by atoms with Crippen molar-refractivity contribution in [2.24, 2.45) is 12.8 Å². The Labute approximate surface area is 114 Å². The number of nitrogens with two attached hydrogens (primary N) is 1. The molecule has 0 aliphatic heterocycles. The van der Waals surface area contributed by atoms with Gasteiger partial charge in [-0.1, -0.05) is 12.2 Å². The lowest BCUT2D eigenvalue weighted by Crippen LogP contribution is -2.15. The number of aryl methyl sites for hydroxylation is 2. The van der Waals surface area contributed by atoms with Gasteiger partial charge >= 0.3 is 5.97 Å². The van der Waals surface area contributed by atoms with Crippen LogP contribution in [-0.4, -0.2) is 42.6 Å². The molecule has 2 rings (SSSR count). The molecule has 2 aromatic rings. The van der Waals surface area contributed by atoms with Crippen LogP contribution in [0.3, 0.4) is 0 Å². The second-order valence-corrected chi connectivity index (χ2v) is 4.22. The summed E-state index contributed by atoms with van der Waals surface area (Å²) >= 11 is 5.00. The molecular weight excluding hydrogens is 268 g/mol. The van der Waals surface area contributed by atoms with Crippen molar-refractivity contribution in [3.05, 3.63) is 23.4 Å². The van der Waals surface area contributed by atoms with E-state index in [4.69, 9.17) is 18.0 Å². The summed E-state index contributed by atoms with van der Waals surface area (Å²) in [6, 6.07) is 0. The van der Waals surface area contributed by atoms with E-state index in [1.165, 1.54) is 18.1 Å². The van der Waals surface area contributed by atoms with Crippen LogP contribution in [-0.2, 0) is 11.8 Å². The summed E-state index contributed by atoms with van der Waals surface area (Å²) in [5.74, 6) is -0.114. The maximum absolute atomic E-state index is 11.3. The number of methoxy groups -OCH3 is 1. The van der Waals surface area contributed by atoms with Gasteiger partial charge in [0.2, 0.25) is 0 Å². The zero-order valence-corrected chi connectivity index (χ0v) is 11.4. The third kappa shape index (κ3) is 2.19. The van der Waals surface area contributed by atoms with Gasteiger partial charge in [-0.25, -0.2) is 19.1 Å². The summed E-state index contributed by atoms with van der Waals surface area (Å²) < 4.78 is 7.51. The molecule has 19 heavy (non-hydrogen) atoms. The number of thiocarbonyl (C=S) groups is 1. The number of hydrogen-bond donors (Lipinski definition) is 1. The molecule has 0 aliphatic rings. The van der Waals surface area contributed by atoms with E-state index in [0.29, 0.717) is 17.1 Å². The Morgan fingerprint density at radius 1 is 1.47 bits per heavy atom. The van der Waals surface area contributed by atoms with E-state index in [9.17, 15) is 4.79 Å². The van der Waals surface area contributed by atoms with Crippen molar-refractivity contribution in [2.75, 3.05) is 7.11 Å². The minimum atomic E-state index is -0.616. The average molecular weight is 280 g/mol. The van der Waals surface area contributed by atoms with E-state index in [-0.39, 0.29) is 10.8 Å². The van der Waals surface area contributed by atoms with Gasteiger partial charge in [-0.05, 0) is 6.92 Å². The first-order valence-corrected chi connectivity index (χ1v) is 5.70. The van der Waals surface area contributed by atoms with Gasteiger partial charge in [-0.3, -0.25) is 0 Å². The first-order valence-electron chi connectivity index (χ1n) is 5.29. The zero-order valence-electron chi connectivity index (χ0n) is 10.6. The molecule has 0 aromatic carbocycles. The molecule has 0 saturated heterocycles. The molecule has 0 aliphatic carbocycles. The van der Waals surface area contributed by atoms with E-state index in [1.807, 2.05) is 0 Å². The van der Waals surface area contributed by atoms with E-state index >= 15 is 0 Å². The molecule has 2 aromatic heterocycles. The molecule has 2 N–H and O–H groups in total. The first kappa shape index (κ1) is 13.1. The average Bonchev–Trinajstić information content (AvgIpc) is 2.92. The Kier molecular flexibility index (Phi) is 3.30. The van der Waals surface area contributed by atoms with Crippen LogP contribution in [0.1, 0.15) is 21.9 Å². The number of rotatable bonds is 3. The number of esters is 1. The van der Waals surface area contributed by atoms with Crippen molar-refractivity contribution in [2.45, 2.75) is 6.92 Å². The van der Waals surface area contributed by atoms with Crippen LogP contribution < -0.4 is 5.73 Å². The Hall–Kier alpha value is -2.29. The highest BCUT2D eigenvalue weighted by atomic mass is 32.1. The molecule has 0 amide bonds. The first-order chi connectivity index (χ1) is 8.95. The molecule has 2 heterocycles. The van der Waals surface area contributed by atoms with Crippen molar-refractivity contribution < 1.29 is 9.53 Å².